The van der Waals surface area contributed by atoms with E-state index in [1.807, 2.05) is 0 Å². The molecule has 0 saturated carbocycles. The van der Waals surface area contributed by atoms with Gasteiger partial charge in [-0.2, -0.15) is 0 Å². The van der Waals surface area contributed by atoms with Crippen LogP contribution in [0.15, 0.2) is 18.2 Å². The minimum atomic E-state index is -0.686. The summed E-state index contributed by atoms with van der Waals surface area (Å²) in [6, 6.07) is 3.17. The molecule has 1 aromatic carbocycles. The van der Waals surface area contributed by atoms with E-state index < -0.39 is 17.5 Å². The van der Waals surface area contributed by atoms with Crippen molar-refractivity contribution in [2.75, 3.05) is 11.9 Å². The van der Waals surface area contributed by atoms with E-state index >= 15 is 0 Å². The Morgan fingerprint density at radius 1 is 1.43 bits per heavy atom. The number of anilines is 1. The maximum Gasteiger partial charge on any atom is 0.219 e. The number of carbonyl (C=O) groups excluding carboxylic acids is 1. The maximum absolute atomic E-state index is 13.0. The van der Waals surface area contributed by atoms with E-state index in [1.54, 1.807) is 0 Å². The molecule has 0 bridgehead atoms. The van der Waals surface area contributed by atoms with Crippen LogP contribution in [0.4, 0.5) is 14.5 Å². The van der Waals surface area contributed by atoms with Gasteiger partial charge in [0.1, 0.15) is 11.6 Å². The summed E-state index contributed by atoms with van der Waals surface area (Å²) in [5, 5.41) is 2.63. The lowest BCUT2D eigenvalue weighted by Crippen LogP contribution is -2.16. The summed E-state index contributed by atoms with van der Waals surface area (Å²) < 4.78 is 25.4. The SMILES string of the molecule is NC(=O)CCNc1ccc(F)cc1F. The first-order chi connectivity index (χ1) is 6.59. The summed E-state index contributed by atoms with van der Waals surface area (Å²) in [5.41, 5.74) is 5.05. The van der Waals surface area contributed by atoms with Gasteiger partial charge in [-0.05, 0) is 12.1 Å². The van der Waals surface area contributed by atoms with E-state index in [0.29, 0.717) is 0 Å². The molecular weight excluding hydrogens is 190 g/mol. The van der Waals surface area contributed by atoms with E-state index in [4.69, 9.17) is 5.73 Å². The zero-order chi connectivity index (χ0) is 10.6. The predicted octanol–water partition coefficient (Wildman–Crippen LogP) is 1.25. The summed E-state index contributed by atoms with van der Waals surface area (Å²) in [6.45, 7) is 0.234. The first-order valence-corrected chi connectivity index (χ1v) is 4.07. The molecule has 0 saturated heterocycles. The van der Waals surface area contributed by atoms with Crippen LogP contribution in [0.1, 0.15) is 6.42 Å². The van der Waals surface area contributed by atoms with E-state index in [-0.39, 0.29) is 18.7 Å². The van der Waals surface area contributed by atoms with Gasteiger partial charge in [-0.1, -0.05) is 0 Å². The molecule has 5 heteroatoms. The van der Waals surface area contributed by atoms with Crippen molar-refractivity contribution in [2.45, 2.75) is 6.42 Å². The van der Waals surface area contributed by atoms with Gasteiger partial charge in [-0.3, -0.25) is 4.79 Å². The molecule has 3 nitrogen and oxygen atoms in total. The zero-order valence-corrected chi connectivity index (χ0v) is 7.39. The van der Waals surface area contributed by atoms with Gasteiger partial charge in [0.05, 0.1) is 5.69 Å². The molecule has 0 aliphatic carbocycles. The Balaban J connectivity index is 2.55. The molecule has 0 fully saturated rings. The van der Waals surface area contributed by atoms with Crippen LogP contribution in [0.2, 0.25) is 0 Å². The molecular formula is C9H10F2N2O. The fourth-order valence-corrected chi connectivity index (χ4v) is 0.953. The molecule has 1 rings (SSSR count). The number of primary amides is 1. The Morgan fingerprint density at radius 3 is 2.71 bits per heavy atom. The molecule has 0 spiro atoms. The lowest BCUT2D eigenvalue weighted by atomic mass is 10.3. The number of nitrogens with one attached hydrogen (secondary N) is 1. The highest BCUT2D eigenvalue weighted by atomic mass is 19.1. The molecule has 1 aromatic rings. The quantitative estimate of drug-likeness (QED) is 0.768. The minimum absolute atomic E-state index is 0.108. The monoisotopic (exact) mass is 200 g/mol. The number of hydrogen-bond donors (Lipinski definition) is 2. The molecule has 76 valence electrons. The van der Waals surface area contributed by atoms with Crippen molar-refractivity contribution in [3.8, 4) is 0 Å². The number of hydrogen-bond acceptors (Lipinski definition) is 2. The Labute approximate surface area is 79.9 Å². The van der Waals surface area contributed by atoms with Crippen LogP contribution in [-0.4, -0.2) is 12.5 Å². The van der Waals surface area contributed by atoms with Crippen molar-refractivity contribution in [3.05, 3.63) is 29.8 Å². The van der Waals surface area contributed by atoms with E-state index in [2.05, 4.69) is 5.32 Å². The smallest absolute Gasteiger partial charge is 0.219 e. The minimum Gasteiger partial charge on any atom is -0.382 e. The van der Waals surface area contributed by atoms with Crippen molar-refractivity contribution < 1.29 is 13.6 Å². The normalized spacial score (nSPS) is 9.86. The average Bonchev–Trinajstić information content (AvgIpc) is 2.08. The molecule has 1 amide bonds. The summed E-state index contributed by atoms with van der Waals surface area (Å²) in [4.78, 5) is 10.4. The van der Waals surface area contributed by atoms with Crippen LogP contribution >= 0.6 is 0 Å². The second-order valence-electron chi connectivity index (χ2n) is 2.77. The molecule has 0 radical (unpaired) electrons. The summed E-state index contributed by atoms with van der Waals surface area (Å²) in [5.74, 6) is -1.79. The average molecular weight is 200 g/mol. The molecule has 3 N–H and O–H groups in total. The van der Waals surface area contributed by atoms with Crippen molar-refractivity contribution in [2.24, 2.45) is 5.73 Å². The maximum atomic E-state index is 13.0. The number of amides is 1. The van der Waals surface area contributed by atoms with Gasteiger partial charge in [-0.15, -0.1) is 0 Å². The molecule has 0 atom stereocenters. The molecule has 14 heavy (non-hydrogen) atoms. The fourth-order valence-electron chi connectivity index (χ4n) is 0.953. The number of carbonyl (C=O) groups is 1. The fraction of sp³-hybridized carbons (Fsp3) is 0.222. The summed E-state index contributed by atoms with van der Waals surface area (Å²) >= 11 is 0. The molecule has 0 aliphatic rings. The molecule has 0 unspecified atom stereocenters. The second-order valence-corrected chi connectivity index (χ2v) is 2.77. The summed E-state index contributed by atoms with van der Waals surface area (Å²) in [7, 11) is 0. The molecule has 0 aromatic heterocycles. The van der Waals surface area contributed by atoms with Gasteiger partial charge < -0.3 is 11.1 Å². The van der Waals surface area contributed by atoms with Crippen molar-refractivity contribution in [1.29, 1.82) is 0 Å². The van der Waals surface area contributed by atoms with Gasteiger partial charge in [0.2, 0.25) is 5.91 Å². The highest BCUT2D eigenvalue weighted by molar-refractivity contribution is 5.74. The van der Waals surface area contributed by atoms with Crippen LogP contribution in [-0.2, 0) is 4.79 Å². The van der Waals surface area contributed by atoms with Gasteiger partial charge in [0.25, 0.3) is 0 Å². The van der Waals surface area contributed by atoms with Crippen LogP contribution < -0.4 is 11.1 Å². The van der Waals surface area contributed by atoms with Crippen molar-refractivity contribution in [1.82, 2.24) is 0 Å². The zero-order valence-electron chi connectivity index (χ0n) is 7.39. The van der Waals surface area contributed by atoms with Crippen LogP contribution in [0, 0.1) is 11.6 Å². The third-order valence-electron chi connectivity index (χ3n) is 1.62. The lowest BCUT2D eigenvalue weighted by molar-refractivity contribution is -0.117. The Hall–Kier alpha value is -1.65. The van der Waals surface area contributed by atoms with Gasteiger partial charge in [0.15, 0.2) is 0 Å². The Kier molecular flexibility index (Phi) is 3.39. The van der Waals surface area contributed by atoms with Gasteiger partial charge in [-0.25, -0.2) is 8.78 Å². The van der Waals surface area contributed by atoms with Crippen molar-refractivity contribution >= 4 is 11.6 Å². The Morgan fingerprint density at radius 2 is 2.14 bits per heavy atom. The first kappa shape index (κ1) is 10.4. The largest absolute Gasteiger partial charge is 0.382 e. The summed E-state index contributed by atoms with van der Waals surface area (Å²) in [6.07, 6.45) is 0.108. The van der Waals surface area contributed by atoms with Crippen LogP contribution in [0.3, 0.4) is 0 Å². The van der Waals surface area contributed by atoms with E-state index in [1.165, 1.54) is 6.07 Å². The second kappa shape index (κ2) is 4.55. The first-order valence-electron chi connectivity index (χ1n) is 4.07. The predicted molar refractivity (Wildman–Crippen MR) is 48.7 cm³/mol. The lowest BCUT2D eigenvalue weighted by Gasteiger charge is -2.05. The van der Waals surface area contributed by atoms with Gasteiger partial charge >= 0.3 is 0 Å². The number of halogens is 2. The number of benzene rings is 1. The van der Waals surface area contributed by atoms with Gasteiger partial charge in [0, 0.05) is 19.0 Å². The van der Waals surface area contributed by atoms with E-state index in [9.17, 15) is 13.6 Å². The van der Waals surface area contributed by atoms with Crippen LogP contribution in [0.5, 0.6) is 0 Å². The van der Waals surface area contributed by atoms with Crippen LogP contribution in [0.25, 0.3) is 0 Å². The number of nitrogens with two attached hydrogens (primary N) is 1. The third kappa shape index (κ3) is 3.01. The topological polar surface area (TPSA) is 55.1 Å². The standard InChI is InChI=1S/C9H10F2N2O/c10-6-1-2-8(7(11)5-6)13-4-3-9(12)14/h1-2,5,13H,3-4H2,(H2,12,14). The highest BCUT2D eigenvalue weighted by Gasteiger charge is 2.02. The third-order valence-corrected chi connectivity index (χ3v) is 1.62. The molecule has 0 aliphatic heterocycles. The molecule has 0 heterocycles. The van der Waals surface area contributed by atoms with E-state index in [0.717, 1.165) is 12.1 Å². The Bertz CT molecular complexity index is 342. The number of rotatable bonds is 4. The highest BCUT2D eigenvalue weighted by Crippen LogP contribution is 2.14. The van der Waals surface area contributed by atoms with Crippen molar-refractivity contribution in [3.63, 3.8) is 0 Å².